The van der Waals surface area contributed by atoms with E-state index in [0.29, 0.717) is 23.9 Å². The van der Waals surface area contributed by atoms with Gasteiger partial charge in [-0.25, -0.2) is 9.97 Å². The number of para-hydroxylation sites is 1. The van der Waals surface area contributed by atoms with E-state index in [-0.39, 0.29) is 5.91 Å². The zero-order chi connectivity index (χ0) is 19.4. The summed E-state index contributed by atoms with van der Waals surface area (Å²) in [5, 5.41) is 3.34. The molecule has 0 fully saturated rings. The van der Waals surface area contributed by atoms with Gasteiger partial charge in [0.05, 0.1) is 0 Å². The SMILES string of the molecule is Cc1nc(Nc2c(C)cccc2C)cc(C(=O)N(C)Cc2ccccc2)n1. The summed E-state index contributed by atoms with van der Waals surface area (Å²) in [6, 6.07) is 17.7. The molecule has 3 rings (SSSR count). The van der Waals surface area contributed by atoms with E-state index in [1.54, 1.807) is 24.9 Å². The van der Waals surface area contributed by atoms with Crippen molar-refractivity contribution in [3.63, 3.8) is 0 Å². The predicted molar refractivity (Wildman–Crippen MR) is 108 cm³/mol. The van der Waals surface area contributed by atoms with Crippen molar-refractivity contribution in [3.8, 4) is 0 Å². The highest BCUT2D eigenvalue weighted by atomic mass is 16.2. The largest absolute Gasteiger partial charge is 0.340 e. The lowest BCUT2D eigenvalue weighted by Gasteiger charge is -2.18. The first-order chi connectivity index (χ1) is 12.9. The van der Waals surface area contributed by atoms with E-state index in [0.717, 1.165) is 22.4 Å². The van der Waals surface area contributed by atoms with Crippen LogP contribution in [0.1, 0.15) is 33.0 Å². The first-order valence-electron chi connectivity index (χ1n) is 8.92. The second-order valence-corrected chi connectivity index (χ2v) is 6.72. The number of carbonyl (C=O) groups is 1. The van der Waals surface area contributed by atoms with Gasteiger partial charge in [-0.3, -0.25) is 4.79 Å². The number of aryl methyl sites for hydroxylation is 3. The predicted octanol–water partition coefficient (Wildman–Crippen LogP) is 4.42. The molecule has 0 aliphatic rings. The van der Waals surface area contributed by atoms with Crippen LogP contribution in [0.25, 0.3) is 0 Å². The fourth-order valence-corrected chi connectivity index (χ4v) is 3.01. The maximum atomic E-state index is 12.8. The van der Waals surface area contributed by atoms with Crippen molar-refractivity contribution in [3.05, 3.63) is 82.8 Å². The van der Waals surface area contributed by atoms with Crippen molar-refractivity contribution in [1.82, 2.24) is 14.9 Å². The Bertz CT molecular complexity index is 934. The molecule has 0 saturated heterocycles. The lowest BCUT2D eigenvalue weighted by atomic mass is 10.1. The van der Waals surface area contributed by atoms with Crippen LogP contribution < -0.4 is 5.32 Å². The summed E-state index contributed by atoms with van der Waals surface area (Å²) in [6.07, 6.45) is 0. The van der Waals surface area contributed by atoms with E-state index >= 15 is 0 Å². The van der Waals surface area contributed by atoms with E-state index in [1.807, 2.05) is 62.4 Å². The summed E-state index contributed by atoms with van der Waals surface area (Å²) < 4.78 is 0. The van der Waals surface area contributed by atoms with Crippen LogP contribution in [0.3, 0.4) is 0 Å². The highest BCUT2D eigenvalue weighted by Gasteiger charge is 2.16. The highest BCUT2D eigenvalue weighted by Crippen LogP contribution is 2.24. The smallest absolute Gasteiger partial charge is 0.272 e. The number of benzene rings is 2. The molecule has 0 saturated carbocycles. The van der Waals surface area contributed by atoms with Crippen LogP contribution in [-0.2, 0) is 6.54 Å². The Kier molecular flexibility index (Phi) is 5.50. The molecular weight excluding hydrogens is 336 g/mol. The van der Waals surface area contributed by atoms with E-state index in [4.69, 9.17) is 0 Å². The van der Waals surface area contributed by atoms with E-state index < -0.39 is 0 Å². The van der Waals surface area contributed by atoms with Gasteiger partial charge in [-0.1, -0.05) is 48.5 Å². The van der Waals surface area contributed by atoms with Gasteiger partial charge in [0.25, 0.3) is 5.91 Å². The van der Waals surface area contributed by atoms with Gasteiger partial charge in [0, 0.05) is 25.3 Å². The summed E-state index contributed by atoms with van der Waals surface area (Å²) in [5.74, 6) is 1.05. The fourth-order valence-electron chi connectivity index (χ4n) is 3.01. The van der Waals surface area contributed by atoms with E-state index in [1.165, 1.54) is 0 Å². The van der Waals surface area contributed by atoms with Crippen LogP contribution >= 0.6 is 0 Å². The zero-order valence-electron chi connectivity index (χ0n) is 16.2. The Morgan fingerprint density at radius 3 is 2.30 bits per heavy atom. The molecule has 1 aromatic heterocycles. The number of nitrogens with zero attached hydrogens (tertiary/aromatic N) is 3. The molecule has 0 aliphatic heterocycles. The van der Waals surface area contributed by atoms with Gasteiger partial charge < -0.3 is 10.2 Å². The summed E-state index contributed by atoms with van der Waals surface area (Å²) in [4.78, 5) is 23.3. The molecule has 138 valence electrons. The van der Waals surface area contributed by atoms with Crippen molar-refractivity contribution < 1.29 is 4.79 Å². The third-order valence-electron chi connectivity index (χ3n) is 4.40. The Balaban J connectivity index is 1.83. The molecule has 3 aromatic rings. The Hall–Kier alpha value is -3.21. The number of rotatable bonds is 5. The zero-order valence-corrected chi connectivity index (χ0v) is 16.2. The molecule has 2 aromatic carbocycles. The summed E-state index contributed by atoms with van der Waals surface area (Å²) in [7, 11) is 1.78. The number of anilines is 2. The first-order valence-corrected chi connectivity index (χ1v) is 8.92. The second kappa shape index (κ2) is 7.99. The number of nitrogens with one attached hydrogen (secondary N) is 1. The van der Waals surface area contributed by atoms with Gasteiger partial charge in [-0.2, -0.15) is 0 Å². The van der Waals surface area contributed by atoms with Crippen LogP contribution in [0, 0.1) is 20.8 Å². The minimum Gasteiger partial charge on any atom is -0.340 e. The van der Waals surface area contributed by atoms with Crippen molar-refractivity contribution in [2.75, 3.05) is 12.4 Å². The van der Waals surface area contributed by atoms with Gasteiger partial charge in [0.1, 0.15) is 17.3 Å². The third kappa shape index (κ3) is 4.50. The molecule has 0 aliphatic carbocycles. The van der Waals surface area contributed by atoms with E-state index in [9.17, 15) is 4.79 Å². The van der Waals surface area contributed by atoms with E-state index in [2.05, 4.69) is 15.3 Å². The summed E-state index contributed by atoms with van der Waals surface area (Å²) in [5.41, 5.74) is 4.72. The molecule has 5 heteroatoms. The van der Waals surface area contributed by atoms with Gasteiger partial charge >= 0.3 is 0 Å². The molecule has 1 N–H and O–H groups in total. The number of aromatic nitrogens is 2. The minimum absolute atomic E-state index is 0.131. The number of hydrogen-bond donors (Lipinski definition) is 1. The summed E-state index contributed by atoms with van der Waals surface area (Å²) >= 11 is 0. The quantitative estimate of drug-likeness (QED) is 0.732. The van der Waals surface area contributed by atoms with Crippen molar-refractivity contribution in [1.29, 1.82) is 0 Å². The van der Waals surface area contributed by atoms with Crippen LogP contribution in [0.15, 0.2) is 54.6 Å². The topological polar surface area (TPSA) is 58.1 Å². The molecule has 0 radical (unpaired) electrons. The van der Waals surface area contributed by atoms with Crippen LogP contribution in [-0.4, -0.2) is 27.8 Å². The number of amides is 1. The molecular formula is C22H24N4O. The minimum atomic E-state index is -0.131. The molecule has 0 spiro atoms. The fraction of sp³-hybridized carbons (Fsp3) is 0.227. The van der Waals surface area contributed by atoms with Crippen LogP contribution in [0.5, 0.6) is 0 Å². The average molecular weight is 360 g/mol. The number of carbonyl (C=O) groups excluding carboxylic acids is 1. The van der Waals surface area contributed by atoms with Crippen LogP contribution in [0.2, 0.25) is 0 Å². The average Bonchev–Trinajstić information content (AvgIpc) is 2.64. The maximum absolute atomic E-state index is 12.8. The van der Waals surface area contributed by atoms with Gasteiger partial charge in [-0.15, -0.1) is 0 Å². The lowest BCUT2D eigenvalue weighted by molar-refractivity contribution is 0.0779. The standard InChI is InChI=1S/C22H24N4O/c1-15-9-8-10-16(2)21(15)25-20-13-19(23-17(3)24-20)22(27)26(4)14-18-11-6-5-7-12-18/h5-13H,14H2,1-4H3,(H,23,24,25). The first kappa shape index (κ1) is 18.6. The van der Waals surface area contributed by atoms with Crippen molar-refractivity contribution in [2.24, 2.45) is 0 Å². The maximum Gasteiger partial charge on any atom is 0.272 e. The van der Waals surface area contributed by atoms with Gasteiger partial charge in [0.2, 0.25) is 0 Å². The Labute approximate surface area is 160 Å². The Morgan fingerprint density at radius 1 is 0.963 bits per heavy atom. The van der Waals surface area contributed by atoms with Gasteiger partial charge in [-0.05, 0) is 37.5 Å². The molecule has 27 heavy (non-hydrogen) atoms. The molecule has 1 heterocycles. The molecule has 5 nitrogen and oxygen atoms in total. The summed E-state index contributed by atoms with van der Waals surface area (Å²) in [6.45, 7) is 6.42. The Morgan fingerprint density at radius 2 is 1.63 bits per heavy atom. The highest BCUT2D eigenvalue weighted by molar-refractivity contribution is 5.93. The molecule has 1 amide bonds. The van der Waals surface area contributed by atoms with Crippen LogP contribution in [0.4, 0.5) is 11.5 Å². The van der Waals surface area contributed by atoms with Crippen molar-refractivity contribution in [2.45, 2.75) is 27.3 Å². The second-order valence-electron chi connectivity index (χ2n) is 6.72. The monoisotopic (exact) mass is 360 g/mol. The molecule has 0 bridgehead atoms. The molecule has 0 atom stereocenters. The third-order valence-corrected chi connectivity index (χ3v) is 4.40. The molecule has 0 unspecified atom stereocenters. The van der Waals surface area contributed by atoms with Crippen molar-refractivity contribution >= 4 is 17.4 Å². The van der Waals surface area contributed by atoms with Gasteiger partial charge in [0.15, 0.2) is 0 Å². The normalized spacial score (nSPS) is 10.5. The number of hydrogen-bond acceptors (Lipinski definition) is 4. The lowest BCUT2D eigenvalue weighted by Crippen LogP contribution is -2.27.